The van der Waals surface area contributed by atoms with Crippen molar-refractivity contribution in [3.05, 3.63) is 23.4 Å². The topological polar surface area (TPSA) is 28.2 Å². The van der Waals surface area contributed by atoms with Crippen molar-refractivity contribution in [1.29, 1.82) is 0 Å². The van der Waals surface area contributed by atoms with Crippen LogP contribution in [0.2, 0.25) is 0 Å². The third-order valence-corrected chi connectivity index (χ3v) is 3.55. The van der Waals surface area contributed by atoms with E-state index in [1.54, 1.807) is 0 Å². The normalized spacial score (nSPS) is 11.1. The molecule has 0 unspecified atom stereocenters. The van der Waals surface area contributed by atoms with Crippen LogP contribution in [-0.4, -0.2) is 24.6 Å². The molecule has 1 aromatic heterocycles. The van der Waals surface area contributed by atoms with Gasteiger partial charge in [0.2, 0.25) is 0 Å². The van der Waals surface area contributed by atoms with Gasteiger partial charge in [0.05, 0.1) is 0 Å². The molecule has 0 aliphatic heterocycles. The van der Waals surface area contributed by atoms with E-state index < -0.39 is 0 Å². The number of hydrogen-bond donors (Lipinski definition) is 1. The standard InChI is InChI=1S/C18H33N3/c1-6-9-19-14-16-12-17(15(4)5)20-18(13-16)21(10-7-2)11-8-3/h12-13,15,19H,6-11,14H2,1-5H3. The number of nitrogens with one attached hydrogen (secondary N) is 1. The van der Waals surface area contributed by atoms with Gasteiger partial charge >= 0.3 is 0 Å². The molecule has 1 aromatic rings. The van der Waals surface area contributed by atoms with Gasteiger partial charge < -0.3 is 10.2 Å². The van der Waals surface area contributed by atoms with Crippen LogP contribution in [0.25, 0.3) is 0 Å². The van der Waals surface area contributed by atoms with Crippen molar-refractivity contribution in [3.8, 4) is 0 Å². The van der Waals surface area contributed by atoms with E-state index in [4.69, 9.17) is 4.98 Å². The maximum Gasteiger partial charge on any atom is 0.129 e. The van der Waals surface area contributed by atoms with Gasteiger partial charge in [0.25, 0.3) is 0 Å². The molecule has 0 spiro atoms. The van der Waals surface area contributed by atoms with Crippen molar-refractivity contribution in [2.24, 2.45) is 0 Å². The van der Waals surface area contributed by atoms with Gasteiger partial charge in [-0.2, -0.15) is 0 Å². The molecule has 120 valence electrons. The van der Waals surface area contributed by atoms with Crippen LogP contribution in [0, 0.1) is 0 Å². The average Bonchev–Trinajstić information content (AvgIpc) is 2.47. The van der Waals surface area contributed by atoms with Gasteiger partial charge in [0, 0.05) is 25.3 Å². The monoisotopic (exact) mass is 291 g/mol. The summed E-state index contributed by atoms with van der Waals surface area (Å²) in [6, 6.07) is 4.52. The van der Waals surface area contributed by atoms with Crippen molar-refractivity contribution >= 4 is 5.82 Å². The molecule has 1 heterocycles. The highest BCUT2D eigenvalue weighted by molar-refractivity contribution is 5.43. The number of pyridine rings is 1. The molecule has 0 atom stereocenters. The van der Waals surface area contributed by atoms with E-state index >= 15 is 0 Å². The SMILES string of the molecule is CCCNCc1cc(C(C)C)nc(N(CCC)CCC)c1. The van der Waals surface area contributed by atoms with E-state index in [0.29, 0.717) is 5.92 Å². The summed E-state index contributed by atoms with van der Waals surface area (Å²) < 4.78 is 0. The van der Waals surface area contributed by atoms with Crippen molar-refractivity contribution in [1.82, 2.24) is 10.3 Å². The second-order valence-corrected chi connectivity index (χ2v) is 6.08. The Balaban J connectivity index is 2.99. The summed E-state index contributed by atoms with van der Waals surface area (Å²) in [5.74, 6) is 1.62. The Morgan fingerprint density at radius 2 is 1.71 bits per heavy atom. The Hall–Kier alpha value is -1.09. The van der Waals surface area contributed by atoms with E-state index in [1.807, 2.05) is 0 Å². The zero-order valence-electron chi connectivity index (χ0n) is 14.6. The molecular weight excluding hydrogens is 258 g/mol. The molecule has 0 aliphatic carbocycles. The van der Waals surface area contributed by atoms with Crippen LogP contribution in [0.5, 0.6) is 0 Å². The highest BCUT2D eigenvalue weighted by atomic mass is 15.2. The Morgan fingerprint density at radius 1 is 1.05 bits per heavy atom. The second-order valence-electron chi connectivity index (χ2n) is 6.08. The third-order valence-electron chi connectivity index (χ3n) is 3.55. The largest absolute Gasteiger partial charge is 0.357 e. The van der Waals surface area contributed by atoms with E-state index in [0.717, 1.165) is 44.8 Å². The van der Waals surface area contributed by atoms with Crippen LogP contribution < -0.4 is 10.2 Å². The summed E-state index contributed by atoms with van der Waals surface area (Å²) in [5.41, 5.74) is 2.56. The van der Waals surface area contributed by atoms with Crippen LogP contribution in [0.15, 0.2) is 12.1 Å². The first-order chi connectivity index (χ1) is 10.1. The summed E-state index contributed by atoms with van der Waals surface area (Å²) in [7, 11) is 0. The zero-order valence-corrected chi connectivity index (χ0v) is 14.6. The van der Waals surface area contributed by atoms with Gasteiger partial charge in [-0.05, 0) is 49.4 Å². The summed E-state index contributed by atoms with van der Waals surface area (Å²) in [6.45, 7) is 15.3. The minimum Gasteiger partial charge on any atom is -0.357 e. The first-order valence-corrected chi connectivity index (χ1v) is 8.58. The van der Waals surface area contributed by atoms with Gasteiger partial charge in [-0.15, -0.1) is 0 Å². The molecule has 3 heteroatoms. The average molecular weight is 291 g/mol. The zero-order chi connectivity index (χ0) is 15.7. The number of nitrogens with zero attached hydrogens (tertiary/aromatic N) is 2. The maximum atomic E-state index is 4.90. The Morgan fingerprint density at radius 3 is 2.24 bits per heavy atom. The summed E-state index contributed by atoms with van der Waals surface area (Å²) in [4.78, 5) is 7.32. The third kappa shape index (κ3) is 6.04. The highest BCUT2D eigenvalue weighted by Crippen LogP contribution is 2.21. The minimum absolute atomic E-state index is 0.472. The molecule has 0 aromatic carbocycles. The number of anilines is 1. The lowest BCUT2D eigenvalue weighted by Gasteiger charge is -2.24. The van der Waals surface area contributed by atoms with Gasteiger partial charge in [-0.3, -0.25) is 0 Å². The van der Waals surface area contributed by atoms with E-state index in [9.17, 15) is 0 Å². The molecule has 21 heavy (non-hydrogen) atoms. The van der Waals surface area contributed by atoms with Crippen LogP contribution in [0.1, 0.15) is 71.1 Å². The fourth-order valence-electron chi connectivity index (χ4n) is 2.44. The lowest BCUT2D eigenvalue weighted by Crippen LogP contribution is -2.26. The van der Waals surface area contributed by atoms with Crippen LogP contribution in [0.3, 0.4) is 0 Å². The molecule has 0 radical (unpaired) electrons. The van der Waals surface area contributed by atoms with Crippen molar-refractivity contribution in [2.75, 3.05) is 24.5 Å². The Bertz CT molecular complexity index is 395. The molecule has 0 saturated heterocycles. The van der Waals surface area contributed by atoms with Gasteiger partial charge in [0.15, 0.2) is 0 Å². The molecule has 3 nitrogen and oxygen atoms in total. The number of rotatable bonds is 10. The van der Waals surface area contributed by atoms with Crippen molar-refractivity contribution in [3.63, 3.8) is 0 Å². The highest BCUT2D eigenvalue weighted by Gasteiger charge is 2.11. The fourth-order valence-corrected chi connectivity index (χ4v) is 2.44. The lowest BCUT2D eigenvalue weighted by atomic mass is 10.1. The Kier molecular flexibility index (Phi) is 8.36. The first kappa shape index (κ1) is 18.0. The van der Waals surface area contributed by atoms with Gasteiger partial charge in [-0.1, -0.05) is 34.6 Å². The second kappa shape index (κ2) is 9.78. The molecule has 0 fully saturated rings. The number of hydrogen-bond acceptors (Lipinski definition) is 3. The predicted molar refractivity (Wildman–Crippen MR) is 93.1 cm³/mol. The molecule has 0 saturated carbocycles. The predicted octanol–water partition coefficient (Wildman–Crippen LogP) is 4.33. The van der Waals surface area contributed by atoms with Crippen LogP contribution in [-0.2, 0) is 6.54 Å². The fraction of sp³-hybridized carbons (Fsp3) is 0.722. The van der Waals surface area contributed by atoms with E-state index in [-0.39, 0.29) is 0 Å². The van der Waals surface area contributed by atoms with E-state index in [2.05, 4.69) is 57.0 Å². The van der Waals surface area contributed by atoms with E-state index in [1.165, 1.54) is 17.7 Å². The molecular formula is C18H33N3. The summed E-state index contributed by atoms with van der Waals surface area (Å²) in [5, 5.41) is 3.50. The molecule has 0 amide bonds. The first-order valence-electron chi connectivity index (χ1n) is 8.58. The quantitative estimate of drug-likeness (QED) is 0.650. The number of aromatic nitrogens is 1. The van der Waals surface area contributed by atoms with Gasteiger partial charge in [0.1, 0.15) is 5.82 Å². The molecule has 1 rings (SSSR count). The van der Waals surface area contributed by atoms with Gasteiger partial charge in [-0.25, -0.2) is 4.98 Å². The Labute approximate surface area is 131 Å². The van der Waals surface area contributed by atoms with Crippen molar-refractivity contribution < 1.29 is 0 Å². The molecule has 0 aliphatic rings. The van der Waals surface area contributed by atoms with Crippen LogP contribution in [0.4, 0.5) is 5.82 Å². The molecule has 0 bridgehead atoms. The lowest BCUT2D eigenvalue weighted by molar-refractivity contribution is 0.669. The summed E-state index contributed by atoms with van der Waals surface area (Å²) in [6.07, 6.45) is 3.50. The minimum atomic E-state index is 0.472. The smallest absolute Gasteiger partial charge is 0.129 e. The summed E-state index contributed by atoms with van der Waals surface area (Å²) >= 11 is 0. The molecule has 1 N–H and O–H groups in total. The van der Waals surface area contributed by atoms with Crippen molar-refractivity contribution in [2.45, 2.75) is 66.3 Å². The maximum absolute atomic E-state index is 4.90. The van der Waals surface area contributed by atoms with Crippen LogP contribution >= 0.6 is 0 Å².